The van der Waals surface area contributed by atoms with Gasteiger partial charge in [-0.3, -0.25) is 4.79 Å². The number of halogens is 2. The Bertz CT molecular complexity index is 352. The summed E-state index contributed by atoms with van der Waals surface area (Å²) in [7, 11) is 2.20. The van der Waals surface area contributed by atoms with Gasteiger partial charge in [0.2, 0.25) is 5.91 Å². The molecule has 2 heterocycles. The Morgan fingerprint density at radius 1 is 1.09 bits per heavy atom. The minimum absolute atomic E-state index is 0. The Morgan fingerprint density at radius 3 is 2.30 bits per heavy atom. The second-order valence-electron chi connectivity index (χ2n) is 7.45. The number of fused-ring (bicyclic) bond motifs is 2. The van der Waals surface area contributed by atoms with E-state index in [9.17, 15) is 4.79 Å². The number of nitrogens with zero attached hydrogens (tertiary/aromatic N) is 1. The summed E-state index contributed by atoms with van der Waals surface area (Å²) in [6.45, 7) is 1.80. The molecular formula is C17H33Cl2N3O. The van der Waals surface area contributed by atoms with Gasteiger partial charge in [-0.15, -0.1) is 24.8 Å². The van der Waals surface area contributed by atoms with Gasteiger partial charge in [0.1, 0.15) is 0 Å². The number of piperidine rings is 1. The van der Waals surface area contributed by atoms with Crippen molar-refractivity contribution in [3.8, 4) is 0 Å². The van der Waals surface area contributed by atoms with Gasteiger partial charge in [0.15, 0.2) is 0 Å². The third kappa shape index (κ3) is 6.08. The second-order valence-corrected chi connectivity index (χ2v) is 7.45. The summed E-state index contributed by atoms with van der Waals surface area (Å²) in [6.07, 6.45) is 11.2. The molecule has 136 valence electrons. The molecular weight excluding hydrogens is 333 g/mol. The molecule has 1 amide bonds. The molecule has 0 aromatic rings. The summed E-state index contributed by atoms with van der Waals surface area (Å²) in [5, 5.41) is 6.78. The fraction of sp³-hybridized carbons (Fsp3) is 0.941. The van der Waals surface area contributed by atoms with E-state index in [0.29, 0.717) is 18.0 Å². The Kier molecular flexibility index (Phi) is 9.20. The molecule has 1 saturated carbocycles. The summed E-state index contributed by atoms with van der Waals surface area (Å²) in [5.74, 6) is 0.873. The molecule has 23 heavy (non-hydrogen) atoms. The van der Waals surface area contributed by atoms with Crippen LogP contribution < -0.4 is 10.6 Å². The van der Waals surface area contributed by atoms with E-state index in [2.05, 4.69) is 22.6 Å². The first-order valence-electron chi connectivity index (χ1n) is 8.93. The number of likely N-dealkylation sites (N-methyl/N-ethyl adjacent to an activating group) is 1. The van der Waals surface area contributed by atoms with Crippen molar-refractivity contribution in [3.05, 3.63) is 0 Å². The van der Waals surface area contributed by atoms with Gasteiger partial charge >= 0.3 is 0 Å². The predicted octanol–water partition coefficient (Wildman–Crippen LogP) is 2.74. The van der Waals surface area contributed by atoms with Gasteiger partial charge in [0.05, 0.1) is 0 Å². The van der Waals surface area contributed by atoms with Gasteiger partial charge in [0.25, 0.3) is 0 Å². The first-order chi connectivity index (χ1) is 10.2. The third-order valence-corrected chi connectivity index (χ3v) is 5.78. The molecule has 3 rings (SSSR count). The quantitative estimate of drug-likeness (QED) is 0.760. The van der Waals surface area contributed by atoms with Crippen molar-refractivity contribution in [1.82, 2.24) is 15.5 Å². The van der Waals surface area contributed by atoms with E-state index in [1.54, 1.807) is 0 Å². The lowest BCUT2D eigenvalue weighted by atomic mass is 9.89. The van der Waals surface area contributed by atoms with E-state index >= 15 is 0 Å². The maximum Gasteiger partial charge on any atom is 0.220 e. The number of amides is 1. The van der Waals surface area contributed by atoms with Crippen molar-refractivity contribution in [1.29, 1.82) is 0 Å². The fourth-order valence-corrected chi connectivity index (χ4v) is 4.58. The molecule has 6 heteroatoms. The van der Waals surface area contributed by atoms with Gasteiger partial charge in [-0.25, -0.2) is 0 Å². The van der Waals surface area contributed by atoms with Crippen molar-refractivity contribution in [2.45, 2.75) is 75.9 Å². The van der Waals surface area contributed by atoms with Crippen LogP contribution in [0.2, 0.25) is 0 Å². The van der Waals surface area contributed by atoms with Gasteiger partial charge in [-0.2, -0.15) is 0 Å². The molecule has 0 aromatic carbocycles. The summed E-state index contributed by atoms with van der Waals surface area (Å²) < 4.78 is 0. The molecule has 3 fully saturated rings. The highest BCUT2D eigenvalue weighted by Crippen LogP contribution is 2.32. The number of hydrogen-bond acceptors (Lipinski definition) is 3. The minimum Gasteiger partial charge on any atom is -0.355 e. The van der Waals surface area contributed by atoms with Gasteiger partial charge in [-0.1, -0.05) is 12.8 Å². The Morgan fingerprint density at radius 2 is 1.70 bits per heavy atom. The van der Waals surface area contributed by atoms with E-state index in [1.165, 1.54) is 51.4 Å². The van der Waals surface area contributed by atoms with E-state index < -0.39 is 0 Å². The molecule has 2 aliphatic heterocycles. The SMILES string of the molecule is CN(CCNC(=O)CC1CC2CCC(C1)N2)C1CCCC1.Cl.Cl. The zero-order valence-corrected chi connectivity index (χ0v) is 15.9. The van der Waals surface area contributed by atoms with Crippen LogP contribution in [0.4, 0.5) is 0 Å². The molecule has 2 unspecified atom stereocenters. The first-order valence-corrected chi connectivity index (χ1v) is 8.93. The fourth-order valence-electron chi connectivity index (χ4n) is 4.58. The molecule has 0 radical (unpaired) electrons. The molecule has 1 aliphatic carbocycles. The summed E-state index contributed by atoms with van der Waals surface area (Å²) in [4.78, 5) is 14.5. The second kappa shape index (κ2) is 10.1. The normalized spacial score (nSPS) is 29.9. The lowest BCUT2D eigenvalue weighted by Crippen LogP contribution is -2.41. The standard InChI is InChI=1S/C17H31N3O.2ClH/c1-20(16-4-2-3-5-16)9-8-18-17(21)12-13-10-14-6-7-15(11-13)19-14;;/h13-16,19H,2-12H2,1H3,(H,18,21);2*1H. The highest BCUT2D eigenvalue weighted by Gasteiger charge is 2.34. The van der Waals surface area contributed by atoms with Crippen LogP contribution in [0.15, 0.2) is 0 Å². The van der Waals surface area contributed by atoms with E-state index in [4.69, 9.17) is 0 Å². The van der Waals surface area contributed by atoms with Crippen LogP contribution >= 0.6 is 24.8 Å². The first kappa shape index (κ1) is 21.0. The zero-order valence-electron chi connectivity index (χ0n) is 14.3. The molecule has 4 nitrogen and oxygen atoms in total. The molecule has 2 atom stereocenters. The van der Waals surface area contributed by atoms with Crippen LogP contribution in [0, 0.1) is 5.92 Å². The molecule has 2 N–H and O–H groups in total. The van der Waals surface area contributed by atoms with Crippen LogP contribution in [0.5, 0.6) is 0 Å². The topological polar surface area (TPSA) is 44.4 Å². The smallest absolute Gasteiger partial charge is 0.220 e. The van der Waals surface area contributed by atoms with Crippen LogP contribution in [0.3, 0.4) is 0 Å². The Hall–Kier alpha value is -0.0300. The number of rotatable bonds is 6. The van der Waals surface area contributed by atoms with Crippen LogP contribution in [0.25, 0.3) is 0 Å². The van der Waals surface area contributed by atoms with Crippen LogP contribution in [-0.2, 0) is 4.79 Å². The van der Waals surface area contributed by atoms with Crippen molar-refractivity contribution in [2.24, 2.45) is 5.92 Å². The van der Waals surface area contributed by atoms with E-state index in [0.717, 1.165) is 25.6 Å². The van der Waals surface area contributed by atoms with E-state index in [1.807, 2.05) is 0 Å². The average molecular weight is 366 g/mol. The van der Waals surface area contributed by atoms with Crippen molar-refractivity contribution < 1.29 is 4.79 Å². The highest BCUT2D eigenvalue weighted by atomic mass is 35.5. The van der Waals surface area contributed by atoms with Gasteiger partial charge < -0.3 is 15.5 Å². The molecule has 2 saturated heterocycles. The third-order valence-electron chi connectivity index (χ3n) is 5.78. The van der Waals surface area contributed by atoms with Crippen LogP contribution in [0.1, 0.15) is 57.8 Å². The molecule has 0 spiro atoms. The summed E-state index contributed by atoms with van der Waals surface area (Å²) in [6, 6.07) is 2.13. The van der Waals surface area contributed by atoms with Gasteiger partial charge in [-0.05, 0) is 51.5 Å². The number of carbonyl (C=O) groups excluding carboxylic acids is 1. The zero-order chi connectivity index (χ0) is 14.7. The molecule has 2 bridgehead atoms. The predicted molar refractivity (Wildman–Crippen MR) is 99.7 cm³/mol. The largest absolute Gasteiger partial charge is 0.355 e. The van der Waals surface area contributed by atoms with Crippen molar-refractivity contribution >= 4 is 30.7 Å². The van der Waals surface area contributed by atoms with Gasteiger partial charge in [0, 0.05) is 37.6 Å². The highest BCUT2D eigenvalue weighted by molar-refractivity contribution is 5.85. The maximum absolute atomic E-state index is 12.1. The monoisotopic (exact) mass is 365 g/mol. The lowest BCUT2D eigenvalue weighted by molar-refractivity contribution is -0.122. The Labute approximate surface area is 153 Å². The Balaban J connectivity index is 0.00000132. The number of nitrogens with one attached hydrogen (secondary N) is 2. The van der Waals surface area contributed by atoms with E-state index in [-0.39, 0.29) is 30.7 Å². The summed E-state index contributed by atoms with van der Waals surface area (Å²) >= 11 is 0. The average Bonchev–Trinajstić information content (AvgIpc) is 3.09. The number of carbonyl (C=O) groups is 1. The van der Waals surface area contributed by atoms with Crippen molar-refractivity contribution in [3.63, 3.8) is 0 Å². The lowest BCUT2D eigenvalue weighted by Gasteiger charge is -2.29. The molecule has 3 aliphatic rings. The maximum atomic E-state index is 12.1. The summed E-state index contributed by atoms with van der Waals surface area (Å²) in [5.41, 5.74) is 0. The number of hydrogen-bond donors (Lipinski definition) is 2. The molecule has 0 aromatic heterocycles. The van der Waals surface area contributed by atoms with Crippen LogP contribution in [-0.4, -0.2) is 49.1 Å². The minimum atomic E-state index is 0. The van der Waals surface area contributed by atoms with Crippen molar-refractivity contribution in [2.75, 3.05) is 20.1 Å².